The van der Waals surface area contributed by atoms with Crippen LogP contribution in [0.15, 0.2) is 67.0 Å². The van der Waals surface area contributed by atoms with Crippen molar-refractivity contribution in [2.45, 2.75) is 13.8 Å². The predicted molar refractivity (Wildman–Crippen MR) is 154 cm³/mol. The highest BCUT2D eigenvalue weighted by Crippen LogP contribution is 2.39. The van der Waals surface area contributed by atoms with Crippen molar-refractivity contribution in [1.82, 2.24) is 14.8 Å². The highest BCUT2D eigenvalue weighted by Gasteiger charge is 2.21. The standard InChI is InChI=1S/C30H26ClFN4O5/c1-5-40-28-16-36(23-8-6-18(32)12-17(23)2)35-29(28)30(37)34-19-7-9-25(21(31)13-19)41-24-10-11-33-22-15-27(39-4)26(38-3)14-20(22)24/h6-16H,5H2,1-4H3,(H,34,37). The first-order valence-corrected chi connectivity index (χ1v) is 13.0. The van der Waals surface area contributed by atoms with Crippen molar-refractivity contribution < 1.29 is 28.1 Å². The molecular formula is C30H26ClFN4O5. The summed E-state index contributed by atoms with van der Waals surface area (Å²) in [5, 5.41) is 8.18. The van der Waals surface area contributed by atoms with Crippen LogP contribution in [-0.4, -0.2) is 41.5 Å². The summed E-state index contributed by atoms with van der Waals surface area (Å²) in [6, 6.07) is 14.5. The van der Waals surface area contributed by atoms with E-state index in [0.29, 0.717) is 57.4 Å². The van der Waals surface area contributed by atoms with E-state index in [-0.39, 0.29) is 22.3 Å². The van der Waals surface area contributed by atoms with Gasteiger partial charge in [0.05, 0.1) is 43.3 Å². The van der Waals surface area contributed by atoms with E-state index in [1.165, 1.54) is 16.8 Å². The number of carbonyl (C=O) groups is 1. The minimum atomic E-state index is -0.502. The molecule has 5 aromatic rings. The molecule has 5 rings (SSSR count). The van der Waals surface area contributed by atoms with Crippen LogP contribution in [0, 0.1) is 12.7 Å². The van der Waals surface area contributed by atoms with Gasteiger partial charge in [-0.1, -0.05) is 11.6 Å². The Bertz CT molecular complexity index is 1760. The zero-order valence-electron chi connectivity index (χ0n) is 22.7. The lowest BCUT2D eigenvalue weighted by Crippen LogP contribution is -2.14. The van der Waals surface area contributed by atoms with Crippen LogP contribution in [0.3, 0.4) is 0 Å². The number of fused-ring (bicyclic) bond motifs is 1. The second kappa shape index (κ2) is 11.7. The molecule has 0 saturated heterocycles. The molecule has 0 aliphatic carbocycles. The molecule has 0 atom stereocenters. The highest BCUT2D eigenvalue weighted by atomic mass is 35.5. The van der Waals surface area contributed by atoms with Crippen LogP contribution < -0.4 is 24.3 Å². The number of nitrogens with zero attached hydrogens (tertiary/aromatic N) is 3. The van der Waals surface area contributed by atoms with Crippen LogP contribution in [-0.2, 0) is 0 Å². The van der Waals surface area contributed by atoms with Crippen molar-refractivity contribution in [3.05, 3.63) is 89.1 Å². The normalized spacial score (nSPS) is 10.9. The Labute approximate surface area is 240 Å². The molecule has 1 amide bonds. The van der Waals surface area contributed by atoms with Crippen molar-refractivity contribution in [2.75, 3.05) is 26.1 Å². The molecule has 0 aliphatic rings. The summed E-state index contributed by atoms with van der Waals surface area (Å²) < 4.78 is 37.6. The maximum absolute atomic E-state index is 13.6. The van der Waals surface area contributed by atoms with Crippen LogP contribution in [0.1, 0.15) is 23.0 Å². The van der Waals surface area contributed by atoms with E-state index in [1.54, 1.807) is 82.9 Å². The van der Waals surface area contributed by atoms with E-state index in [9.17, 15) is 9.18 Å². The van der Waals surface area contributed by atoms with Crippen molar-refractivity contribution in [2.24, 2.45) is 0 Å². The second-order valence-corrected chi connectivity index (χ2v) is 9.29. The zero-order valence-corrected chi connectivity index (χ0v) is 23.5. The van der Waals surface area contributed by atoms with Crippen molar-refractivity contribution in [1.29, 1.82) is 0 Å². The molecule has 0 aliphatic heterocycles. The van der Waals surface area contributed by atoms with Crippen molar-refractivity contribution >= 4 is 34.1 Å². The lowest BCUT2D eigenvalue weighted by atomic mass is 10.2. The van der Waals surface area contributed by atoms with E-state index < -0.39 is 5.91 Å². The van der Waals surface area contributed by atoms with Crippen LogP contribution in [0.5, 0.6) is 28.7 Å². The molecule has 0 spiro atoms. The number of carbonyl (C=O) groups excluding carboxylic acids is 1. The molecule has 3 aromatic carbocycles. The molecule has 0 saturated carbocycles. The maximum atomic E-state index is 13.6. The Morgan fingerprint density at radius 1 is 0.976 bits per heavy atom. The largest absolute Gasteiger partial charge is 0.493 e. The molecule has 2 heterocycles. The molecule has 0 fully saturated rings. The number of halogens is 2. The lowest BCUT2D eigenvalue weighted by Gasteiger charge is -2.13. The molecule has 1 N–H and O–H groups in total. The summed E-state index contributed by atoms with van der Waals surface area (Å²) in [4.78, 5) is 17.6. The summed E-state index contributed by atoms with van der Waals surface area (Å²) in [5.41, 5.74) is 2.42. The molecule has 210 valence electrons. The molecule has 9 nitrogen and oxygen atoms in total. The Balaban J connectivity index is 1.39. The van der Waals surface area contributed by atoms with Gasteiger partial charge in [0.25, 0.3) is 5.91 Å². The topological polar surface area (TPSA) is 96.7 Å². The van der Waals surface area contributed by atoms with Crippen molar-refractivity contribution in [3.63, 3.8) is 0 Å². The van der Waals surface area contributed by atoms with Gasteiger partial charge in [0.15, 0.2) is 22.9 Å². The fraction of sp³-hybridized carbons (Fsp3) is 0.167. The number of anilines is 1. The first-order valence-electron chi connectivity index (χ1n) is 12.6. The first-order chi connectivity index (χ1) is 19.8. The summed E-state index contributed by atoms with van der Waals surface area (Å²) in [6.45, 7) is 3.89. The van der Waals surface area contributed by atoms with E-state index in [4.69, 9.17) is 30.5 Å². The highest BCUT2D eigenvalue weighted by molar-refractivity contribution is 6.32. The molecule has 2 aromatic heterocycles. The smallest absolute Gasteiger partial charge is 0.280 e. The number of pyridine rings is 1. The molecule has 0 bridgehead atoms. The Hall–Kier alpha value is -4.83. The minimum Gasteiger partial charge on any atom is -0.493 e. The monoisotopic (exact) mass is 576 g/mol. The molecule has 11 heteroatoms. The van der Waals surface area contributed by atoms with Gasteiger partial charge >= 0.3 is 0 Å². The Morgan fingerprint density at radius 3 is 2.46 bits per heavy atom. The number of amides is 1. The zero-order chi connectivity index (χ0) is 29.1. The Kier molecular flexibility index (Phi) is 7.93. The number of benzene rings is 3. The molecule has 0 radical (unpaired) electrons. The number of ether oxygens (including phenoxy) is 4. The van der Waals surface area contributed by atoms with Gasteiger partial charge in [0.1, 0.15) is 17.3 Å². The number of methoxy groups -OCH3 is 2. The third kappa shape index (κ3) is 5.73. The number of aryl methyl sites for hydroxylation is 1. The van der Waals surface area contributed by atoms with Gasteiger partial charge in [-0.2, -0.15) is 5.10 Å². The number of hydrogen-bond acceptors (Lipinski definition) is 7. The Morgan fingerprint density at radius 2 is 1.76 bits per heavy atom. The quantitative estimate of drug-likeness (QED) is 0.202. The van der Waals surface area contributed by atoms with E-state index in [1.807, 2.05) is 0 Å². The van der Waals surface area contributed by atoms with Crippen molar-refractivity contribution in [3.8, 4) is 34.4 Å². The van der Waals surface area contributed by atoms with Gasteiger partial charge in [-0.3, -0.25) is 9.78 Å². The van der Waals surface area contributed by atoms with Gasteiger partial charge in [0.2, 0.25) is 0 Å². The lowest BCUT2D eigenvalue weighted by molar-refractivity contribution is 0.101. The molecule has 41 heavy (non-hydrogen) atoms. The fourth-order valence-electron chi connectivity index (χ4n) is 4.28. The van der Waals surface area contributed by atoms with E-state index in [2.05, 4.69) is 15.4 Å². The third-order valence-electron chi connectivity index (χ3n) is 6.22. The molecular weight excluding hydrogens is 551 g/mol. The average molecular weight is 577 g/mol. The fourth-order valence-corrected chi connectivity index (χ4v) is 4.50. The van der Waals surface area contributed by atoms with Crippen LogP contribution >= 0.6 is 11.6 Å². The van der Waals surface area contributed by atoms with E-state index >= 15 is 0 Å². The second-order valence-electron chi connectivity index (χ2n) is 8.89. The summed E-state index contributed by atoms with van der Waals surface area (Å²) in [6.07, 6.45) is 3.21. The number of nitrogens with one attached hydrogen (secondary N) is 1. The average Bonchev–Trinajstić information content (AvgIpc) is 3.37. The van der Waals surface area contributed by atoms with Crippen LogP contribution in [0.25, 0.3) is 16.6 Å². The van der Waals surface area contributed by atoms with E-state index in [0.717, 1.165) is 0 Å². The van der Waals surface area contributed by atoms with Gasteiger partial charge in [-0.15, -0.1) is 0 Å². The van der Waals surface area contributed by atoms with Crippen LogP contribution in [0.4, 0.5) is 10.1 Å². The predicted octanol–water partition coefficient (Wildman–Crippen LogP) is 6.98. The van der Waals surface area contributed by atoms with Gasteiger partial charge in [0, 0.05) is 23.3 Å². The molecule has 0 unspecified atom stereocenters. The summed E-state index contributed by atoms with van der Waals surface area (Å²) >= 11 is 6.55. The number of aromatic nitrogens is 3. The van der Waals surface area contributed by atoms with Crippen LogP contribution in [0.2, 0.25) is 5.02 Å². The first kappa shape index (κ1) is 27.7. The third-order valence-corrected chi connectivity index (χ3v) is 6.51. The SMILES string of the molecule is CCOc1cn(-c2ccc(F)cc2C)nc1C(=O)Nc1ccc(Oc2ccnc3cc(OC)c(OC)cc23)c(Cl)c1. The summed E-state index contributed by atoms with van der Waals surface area (Å²) in [7, 11) is 3.11. The van der Waals surface area contributed by atoms with Gasteiger partial charge < -0.3 is 24.3 Å². The maximum Gasteiger partial charge on any atom is 0.280 e. The summed E-state index contributed by atoms with van der Waals surface area (Å²) in [5.74, 6) is 1.39. The van der Waals surface area contributed by atoms with Gasteiger partial charge in [-0.25, -0.2) is 9.07 Å². The number of hydrogen-bond donors (Lipinski definition) is 1. The minimum absolute atomic E-state index is 0.0691. The number of rotatable bonds is 9. The van der Waals surface area contributed by atoms with Gasteiger partial charge in [-0.05, 0) is 67.9 Å².